The fraction of sp³-hybridized carbons (Fsp3) is 1.00. The summed E-state index contributed by atoms with van der Waals surface area (Å²) in [5.74, 6) is 1.33. The molecular formula is C4H13PSi. The maximum Gasteiger partial charge on any atom is 0.0480 e. The van der Waals surface area contributed by atoms with Crippen molar-refractivity contribution >= 4 is 17.3 Å². The van der Waals surface area contributed by atoms with Crippen LogP contribution in [0.5, 0.6) is 0 Å². The van der Waals surface area contributed by atoms with Crippen LogP contribution in [0.3, 0.4) is 0 Å². The zero-order valence-corrected chi connectivity index (χ0v) is 6.94. The van der Waals surface area contributed by atoms with E-state index in [-0.39, 0.29) is 0 Å². The van der Waals surface area contributed by atoms with Gasteiger partial charge in [0.15, 0.2) is 0 Å². The van der Waals surface area contributed by atoms with Gasteiger partial charge in [0.25, 0.3) is 0 Å². The van der Waals surface area contributed by atoms with Crippen LogP contribution in [0, 0.1) is 0 Å². The van der Waals surface area contributed by atoms with Crippen LogP contribution in [0.2, 0.25) is 19.6 Å². The van der Waals surface area contributed by atoms with Gasteiger partial charge in [-0.15, -0.1) is 9.24 Å². The minimum absolute atomic E-state index is 0.668. The molecule has 0 rings (SSSR count). The summed E-state index contributed by atoms with van der Waals surface area (Å²) in [5, 5.41) is 0. The van der Waals surface area contributed by atoms with Crippen LogP contribution < -0.4 is 0 Å². The molecule has 1 unspecified atom stereocenters. The zero-order chi connectivity index (χ0) is 5.21. The van der Waals surface area contributed by atoms with E-state index in [9.17, 15) is 0 Å². The highest BCUT2D eigenvalue weighted by Crippen LogP contribution is 2.02. The van der Waals surface area contributed by atoms with Crippen LogP contribution in [0.4, 0.5) is 0 Å². The summed E-state index contributed by atoms with van der Waals surface area (Å²) in [6, 6.07) is 0. The van der Waals surface area contributed by atoms with E-state index in [1.54, 1.807) is 0 Å². The lowest BCUT2D eigenvalue weighted by atomic mass is 11.8. The molecule has 0 aliphatic carbocycles. The molecular weight excluding hydrogens is 107 g/mol. The molecule has 0 amide bonds. The van der Waals surface area contributed by atoms with E-state index in [0.29, 0.717) is 0 Å². The van der Waals surface area contributed by atoms with E-state index in [1.165, 1.54) is 5.79 Å². The molecule has 0 N–H and O–H groups in total. The van der Waals surface area contributed by atoms with E-state index in [4.69, 9.17) is 0 Å². The van der Waals surface area contributed by atoms with Crippen molar-refractivity contribution in [3.8, 4) is 0 Å². The topological polar surface area (TPSA) is 0 Å². The molecule has 0 spiro atoms. The van der Waals surface area contributed by atoms with Crippen molar-refractivity contribution in [2.24, 2.45) is 0 Å². The maximum atomic E-state index is 2.79. The second kappa shape index (κ2) is 2.09. The van der Waals surface area contributed by atoms with E-state index in [1.807, 2.05) is 0 Å². The molecule has 1 atom stereocenters. The van der Waals surface area contributed by atoms with Crippen LogP contribution in [0.25, 0.3) is 0 Å². The smallest absolute Gasteiger partial charge is 0.0480 e. The first-order valence-electron chi connectivity index (χ1n) is 2.26. The maximum absolute atomic E-state index is 2.79. The number of rotatable bonds is 1. The highest BCUT2D eigenvalue weighted by molar-refractivity contribution is 7.23. The Balaban J connectivity index is 3.17. The fourth-order valence-electron chi connectivity index (χ4n) is 0. The molecule has 0 nitrogen and oxygen atoms in total. The molecule has 0 aromatic rings. The monoisotopic (exact) mass is 120 g/mol. The number of hydrogen-bond acceptors (Lipinski definition) is 0. The molecule has 0 aliphatic rings. The summed E-state index contributed by atoms with van der Waals surface area (Å²) in [6.45, 7) is 7.08. The Kier molecular flexibility index (Phi) is 2.31. The summed E-state index contributed by atoms with van der Waals surface area (Å²) in [7, 11) is 2.12. The van der Waals surface area contributed by atoms with Gasteiger partial charge in [0, 0.05) is 8.07 Å². The predicted molar refractivity (Wildman–Crippen MR) is 37.9 cm³/mol. The Hall–Kier alpha value is 0.647. The SMILES string of the molecule is C[Si](C)(C)CP. The van der Waals surface area contributed by atoms with Gasteiger partial charge in [-0.2, -0.15) is 0 Å². The highest BCUT2D eigenvalue weighted by Gasteiger charge is 2.06. The van der Waals surface area contributed by atoms with Gasteiger partial charge in [-0.05, 0) is 5.79 Å². The van der Waals surface area contributed by atoms with E-state index in [0.717, 1.165) is 0 Å². The van der Waals surface area contributed by atoms with Gasteiger partial charge < -0.3 is 0 Å². The molecule has 0 fully saturated rings. The fourth-order valence-corrected chi connectivity index (χ4v) is 0. The Morgan fingerprint density at radius 1 is 1.33 bits per heavy atom. The van der Waals surface area contributed by atoms with Crippen LogP contribution in [0.15, 0.2) is 0 Å². The molecule has 38 valence electrons. The van der Waals surface area contributed by atoms with Gasteiger partial charge in [0.2, 0.25) is 0 Å². The predicted octanol–water partition coefficient (Wildman–Crippen LogP) is 1.74. The van der Waals surface area contributed by atoms with Crippen LogP contribution in [-0.4, -0.2) is 13.9 Å². The van der Waals surface area contributed by atoms with E-state index >= 15 is 0 Å². The lowest BCUT2D eigenvalue weighted by Gasteiger charge is -2.09. The lowest BCUT2D eigenvalue weighted by molar-refractivity contribution is 1.68. The first-order chi connectivity index (χ1) is 2.56. The summed E-state index contributed by atoms with van der Waals surface area (Å²) in [6.07, 6.45) is 0. The third kappa shape index (κ3) is 4.65. The van der Waals surface area contributed by atoms with Crippen molar-refractivity contribution in [2.75, 3.05) is 5.79 Å². The molecule has 0 saturated heterocycles. The summed E-state index contributed by atoms with van der Waals surface area (Å²) < 4.78 is 0. The van der Waals surface area contributed by atoms with Gasteiger partial charge >= 0.3 is 0 Å². The summed E-state index contributed by atoms with van der Waals surface area (Å²) in [5.41, 5.74) is 0. The normalized spacial score (nSPS) is 12.0. The third-order valence-corrected chi connectivity index (χ3v) is 5.51. The first-order valence-corrected chi connectivity index (χ1v) is 6.79. The molecule has 0 aliphatic heterocycles. The Labute approximate surface area is 43.5 Å². The molecule has 0 aromatic carbocycles. The van der Waals surface area contributed by atoms with Gasteiger partial charge in [0.1, 0.15) is 0 Å². The van der Waals surface area contributed by atoms with Crippen LogP contribution in [0.1, 0.15) is 0 Å². The average molecular weight is 120 g/mol. The Bertz CT molecular complexity index is 37.3. The Morgan fingerprint density at radius 3 is 1.50 bits per heavy atom. The molecule has 0 aromatic heterocycles. The first kappa shape index (κ1) is 6.65. The van der Waals surface area contributed by atoms with E-state index < -0.39 is 8.07 Å². The van der Waals surface area contributed by atoms with Crippen molar-refractivity contribution in [2.45, 2.75) is 19.6 Å². The molecule has 0 bridgehead atoms. The van der Waals surface area contributed by atoms with Crippen molar-refractivity contribution < 1.29 is 0 Å². The van der Waals surface area contributed by atoms with Crippen molar-refractivity contribution in [3.63, 3.8) is 0 Å². The van der Waals surface area contributed by atoms with Crippen molar-refractivity contribution in [1.29, 1.82) is 0 Å². The van der Waals surface area contributed by atoms with Crippen LogP contribution in [-0.2, 0) is 0 Å². The molecule has 2 heteroatoms. The molecule has 0 saturated carbocycles. The second-order valence-corrected chi connectivity index (χ2v) is 9.52. The number of hydrogen-bond donors (Lipinski definition) is 0. The Morgan fingerprint density at radius 2 is 1.50 bits per heavy atom. The molecule has 6 heavy (non-hydrogen) atoms. The van der Waals surface area contributed by atoms with Crippen molar-refractivity contribution in [1.82, 2.24) is 0 Å². The average Bonchev–Trinajstić information content (AvgIpc) is 1.35. The van der Waals surface area contributed by atoms with Gasteiger partial charge in [-0.25, -0.2) is 0 Å². The highest BCUT2D eigenvalue weighted by atomic mass is 31.0. The van der Waals surface area contributed by atoms with Crippen molar-refractivity contribution in [3.05, 3.63) is 0 Å². The minimum atomic E-state index is -0.668. The summed E-state index contributed by atoms with van der Waals surface area (Å²) in [4.78, 5) is 0. The molecule has 0 radical (unpaired) electrons. The minimum Gasteiger partial charge on any atom is -0.140 e. The summed E-state index contributed by atoms with van der Waals surface area (Å²) >= 11 is 0. The molecule has 0 heterocycles. The largest absolute Gasteiger partial charge is 0.140 e. The lowest BCUT2D eigenvalue weighted by Crippen LogP contribution is -2.21. The quantitative estimate of drug-likeness (QED) is 0.365. The standard InChI is InChI=1S/C4H13PSi/c1-6(2,3)4-5/h4-5H2,1-3H3. The second-order valence-electron chi connectivity index (χ2n) is 2.76. The van der Waals surface area contributed by atoms with Crippen LogP contribution >= 0.6 is 9.24 Å². The van der Waals surface area contributed by atoms with Gasteiger partial charge in [0.05, 0.1) is 0 Å². The van der Waals surface area contributed by atoms with Gasteiger partial charge in [-0.1, -0.05) is 19.6 Å². The third-order valence-electron chi connectivity index (χ3n) is 0.612. The zero-order valence-electron chi connectivity index (χ0n) is 4.78. The van der Waals surface area contributed by atoms with Gasteiger partial charge in [-0.3, -0.25) is 0 Å². The van der Waals surface area contributed by atoms with E-state index in [2.05, 4.69) is 28.9 Å².